The van der Waals surface area contributed by atoms with Crippen molar-refractivity contribution in [1.82, 2.24) is 0 Å². The fourth-order valence-corrected chi connectivity index (χ4v) is 3.01. The Balaban J connectivity index is 1.75. The highest BCUT2D eigenvalue weighted by atomic mass is 16.5. The molecule has 0 aromatic heterocycles. The summed E-state index contributed by atoms with van der Waals surface area (Å²) in [5.74, 6) is 1.47. The van der Waals surface area contributed by atoms with Crippen LogP contribution in [0, 0.1) is 11.8 Å². The summed E-state index contributed by atoms with van der Waals surface area (Å²) < 4.78 is 5.80. The molecule has 1 aliphatic carbocycles. The van der Waals surface area contributed by atoms with Crippen molar-refractivity contribution in [2.24, 2.45) is 17.6 Å². The molecule has 0 aliphatic heterocycles. The molecule has 1 aromatic carbocycles. The third kappa shape index (κ3) is 4.92. The molecule has 1 aromatic rings. The summed E-state index contributed by atoms with van der Waals surface area (Å²) >= 11 is 0. The van der Waals surface area contributed by atoms with Gasteiger partial charge in [0, 0.05) is 6.61 Å². The molecule has 112 valence electrons. The Morgan fingerprint density at radius 1 is 1.15 bits per heavy atom. The van der Waals surface area contributed by atoms with Gasteiger partial charge in [0.05, 0.1) is 12.6 Å². The number of hydrogen-bond acceptors (Lipinski definition) is 2. The van der Waals surface area contributed by atoms with Crippen LogP contribution in [0.4, 0.5) is 0 Å². The predicted octanol–water partition coefficient (Wildman–Crippen LogP) is 4.09. The zero-order valence-electron chi connectivity index (χ0n) is 13.0. The minimum atomic E-state index is 0.00417. The molecule has 2 N–H and O–H groups in total. The largest absolute Gasteiger partial charge is 0.379 e. The van der Waals surface area contributed by atoms with Crippen LogP contribution in [0.5, 0.6) is 0 Å². The van der Waals surface area contributed by atoms with Gasteiger partial charge in [-0.05, 0) is 42.2 Å². The van der Waals surface area contributed by atoms with E-state index in [0.29, 0.717) is 12.5 Å². The van der Waals surface area contributed by atoms with Crippen molar-refractivity contribution in [3.63, 3.8) is 0 Å². The van der Waals surface area contributed by atoms with Gasteiger partial charge in [-0.1, -0.05) is 51.0 Å². The Morgan fingerprint density at radius 3 is 2.40 bits per heavy atom. The molecule has 2 heteroatoms. The number of nitrogens with two attached hydrogens (primary N) is 1. The van der Waals surface area contributed by atoms with Crippen molar-refractivity contribution in [2.75, 3.05) is 13.2 Å². The first-order chi connectivity index (χ1) is 9.65. The maximum atomic E-state index is 6.21. The Bertz CT molecular complexity index is 379. The van der Waals surface area contributed by atoms with Crippen molar-refractivity contribution in [3.05, 3.63) is 35.4 Å². The third-order valence-corrected chi connectivity index (χ3v) is 4.18. The van der Waals surface area contributed by atoms with Gasteiger partial charge in [0.25, 0.3) is 0 Å². The van der Waals surface area contributed by atoms with Crippen LogP contribution in [0.25, 0.3) is 0 Å². The van der Waals surface area contributed by atoms with E-state index >= 15 is 0 Å². The second kappa shape index (κ2) is 7.80. The molecule has 0 amide bonds. The second-order valence-electron chi connectivity index (χ2n) is 6.63. The topological polar surface area (TPSA) is 35.2 Å². The van der Waals surface area contributed by atoms with E-state index < -0.39 is 0 Å². The fourth-order valence-electron chi connectivity index (χ4n) is 3.01. The van der Waals surface area contributed by atoms with Crippen LogP contribution in [-0.2, 0) is 11.2 Å². The van der Waals surface area contributed by atoms with Crippen LogP contribution in [0.2, 0.25) is 0 Å². The average Bonchev–Trinajstić information content (AvgIpc) is 2.92. The first-order valence-corrected chi connectivity index (χ1v) is 8.07. The SMILES string of the molecule is CC(C)Cc1ccc(C(N)COCC2CCCC2)cc1. The first kappa shape index (κ1) is 15.5. The predicted molar refractivity (Wildman–Crippen MR) is 84.7 cm³/mol. The minimum absolute atomic E-state index is 0.00417. The molecule has 1 fully saturated rings. The van der Waals surface area contributed by atoms with Gasteiger partial charge < -0.3 is 10.5 Å². The van der Waals surface area contributed by atoms with Crippen molar-refractivity contribution >= 4 is 0 Å². The van der Waals surface area contributed by atoms with E-state index in [2.05, 4.69) is 38.1 Å². The number of hydrogen-bond donors (Lipinski definition) is 1. The second-order valence-corrected chi connectivity index (χ2v) is 6.63. The lowest BCUT2D eigenvalue weighted by molar-refractivity contribution is 0.0904. The molecule has 1 unspecified atom stereocenters. The van der Waals surface area contributed by atoms with E-state index in [4.69, 9.17) is 10.5 Å². The van der Waals surface area contributed by atoms with Crippen LogP contribution >= 0.6 is 0 Å². The Labute approximate surface area is 123 Å². The van der Waals surface area contributed by atoms with E-state index in [1.54, 1.807) is 0 Å². The summed E-state index contributed by atoms with van der Waals surface area (Å²) in [4.78, 5) is 0. The van der Waals surface area contributed by atoms with Crippen molar-refractivity contribution in [3.8, 4) is 0 Å². The van der Waals surface area contributed by atoms with Gasteiger partial charge in [0.1, 0.15) is 0 Å². The van der Waals surface area contributed by atoms with Gasteiger partial charge in [-0.25, -0.2) is 0 Å². The highest BCUT2D eigenvalue weighted by Crippen LogP contribution is 2.25. The van der Waals surface area contributed by atoms with E-state index in [1.807, 2.05) is 0 Å². The van der Waals surface area contributed by atoms with Crippen LogP contribution in [0.1, 0.15) is 56.7 Å². The lowest BCUT2D eigenvalue weighted by Gasteiger charge is -2.15. The zero-order chi connectivity index (χ0) is 14.4. The first-order valence-electron chi connectivity index (χ1n) is 8.07. The van der Waals surface area contributed by atoms with E-state index in [0.717, 1.165) is 18.9 Å². The molecule has 2 rings (SSSR count). The standard InChI is InChI=1S/C18H29NO/c1-14(2)11-15-7-9-17(10-8-15)18(19)13-20-12-16-5-3-4-6-16/h7-10,14,16,18H,3-6,11-13,19H2,1-2H3. The molecule has 2 nitrogen and oxygen atoms in total. The van der Waals surface area contributed by atoms with Crippen molar-refractivity contribution in [2.45, 2.75) is 52.0 Å². The van der Waals surface area contributed by atoms with Gasteiger partial charge in [-0.2, -0.15) is 0 Å². The molecule has 0 bridgehead atoms. The van der Waals surface area contributed by atoms with Crippen molar-refractivity contribution < 1.29 is 4.74 Å². The third-order valence-electron chi connectivity index (χ3n) is 4.18. The normalized spacial score (nSPS) is 17.8. The Kier molecular flexibility index (Phi) is 6.06. The molecule has 0 heterocycles. The maximum Gasteiger partial charge on any atom is 0.0659 e. The van der Waals surface area contributed by atoms with Gasteiger partial charge in [0.15, 0.2) is 0 Å². The van der Waals surface area contributed by atoms with Crippen LogP contribution in [0.3, 0.4) is 0 Å². The fraction of sp³-hybridized carbons (Fsp3) is 0.667. The summed E-state index contributed by atoms with van der Waals surface area (Å²) in [5, 5.41) is 0. The monoisotopic (exact) mass is 275 g/mol. The van der Waals surface area contributed by atoms with E-state index in [1.165, 1.54) is 36.8 Å². The number of ether oxygens (including phenoxy) is 1. The van der Waals surface area contributed by atoms with Gasteiger partial charge in [-0.15, -0.1) is 0 Å². The van der Waals surface area contributed by atoms with Gasteiger partial charge >= 0.3 is 0 Å². The molecular formula is C18H29NO. The summed E-state index contributed by atoms with van der Waals surface area (Å²) in [6, 6.07) is 8.71. The molecular weight excluding hydrogens is 246 g/mol. The van der Waals surface area contributed by atoms with Crippen LogP contribution in [0.15, 0.2) is 24.3 Å². The van der Waals surface area contributed by atoms with E-state index in [9.17, 15) is 0 Å². The molecule has 20 heavy (non-hydrogen) atoms. The molecule has 0 spiro atoms. The highest BCUT2D eigenvalue weighted by molar-refractivity contribution is 5.25. The number of rotatable bonds is 7. The average molecular weight is 275 g/mol. The summed E-state index contributed by atoms with van der Waals surface area (Å²) in [5.41, 5.74) is 8.78. The summed E-state index contributed by atoms with van der Waals surface area (Å²) in [6.45, 7) is 6.02. The lowest BCUT2D eigenvalue weighted by atomic mass is 10.00. The van der Waals surface area contributed by atoms with Gasteiger partial charge in [0.2, 0.25) is 0 Å². The quantitative estimate of drug-likeness (QED) is 0.813. The highest BCUT2D eigenvalue weighted by Gasteiger charge is 2.15. The number of benzene rings is 1. The van der Waals surface area contributed by atoms with Crippen molar-refractivity contribution in [1.29, 1.82) is 0 Å². The summed E-state index contributed by atoms with van der Waals surface area (Å²) in [6.07, 6.45) is 6.54. The van der Waals surface area contributed by atoms with E-state index in [-0.39, 0.29) is 6.04 Å². The Hall–Kier alpha value is -0.860. The maximum absolute atomic E-state index is 6.21. The Morgan fingerprint density at radius 2 is 1.80 bits per heavy atom. The molecule has 1 atom stereocenters. The van der Waals surface area contributed by atoms with Gasteiger partial charge in [-0.3, -0.25) is 0 Å². The molecule has 1 saturated carbocycles. The molecule has 1 aliphatic rings. The zero-order valence-corrected chi connectivity index (χ0v) is 13.0. The lowest BCUT2D eigenvalue weighted by Crippen LogP contribution is -2.19. The minimum Gasteiger partial charge on any atom is -0.379 e. The van der Waals surface area contributed by atoms with Crippen LogP contribution < -0.4 is 5.73 Å². The summed E-state index contributed by atoms with van der Waals surface area (Å²) in [7, 11) is 0. The molecule has 0 radical (unpaired) electrons. The van der Waals surface area contributed by atoms with Crippen LogP contribution in [-0.4, -0.2) is 13.2 Å². The molecule has 0 saturated heterocycles. The smallest absolute Gasteiger partial charge is 0.0659 e.